The highest BCUT2D eigenvalue weighted by atomic mass is 19.4. The molecule has 2 aliphatic heterocycles. The van der Waals surface area contributed by atoms with Gasteiger partial charge in [0.2, 0.25) is 5.91 Å². The van der Waals surface area contributed by atoms with Crippen molar-refractivity contribution in [3.05, 3.63) is 48.0 Å². The molecule has 2 aromatic rings. The summed E-state index contributed by atoms with van der Waals surface area (Å²) in [6.45, 7) is 3.83. The summed E-state index contributed by atoms with van der Waals surface area (Å²) in [4.78, 5) is 17.0. The van der Waals surface area contributed by atoms with E-state index in [0.717, 1.165) is 11.3 Å². The highest BCUT2D eigenvalue weighted by molar-refractivity contribution is 6.00. The summed E-state index contributed by atoms with van der Waals surface area (Å²) >= 11 is 0. The summed E-state index contributed by atoms with van der Waals surface area (Å²) in [5, 5.41) is 10.2. The molecule has 8 heteroatoms. The molecule has 160 valence electrons. The Morgan fingerprint density at radius 3 is 2.27 bits per heavy atom. The normalized spacial score (nSPS) is 18.9. The zero-order valence-corrected chi connectivity index (χ0v) is 16.6. The van der Waals surface area contributed by atoms with Crippen molar-refractivity contribution in [1.82, 2.24) is 0 Å². The number of amides is 1. The largest absolute Gasteiger partial charge is 0.573 e. The van der Waals surface area contributed by atoms with E-state index in [2.05, 4.69) is 9.64 Å². The van der Waals surface area contributed by atoms with Gasteiger partial charge < -0.3 is 19.6 Å². The molecule has 1 spiro atoms. The minimum absolute atomic E-state index is 0.0140. The Balaban J connectivity index is 1.44. The van der Waals surface area contributed by atoms with Crippen molar-refractivity contribution >= 4 is 17.3 Å². The number of ether oxygens (including phenoxy) is 1. The van der Waals surface area contributed by atoms with Crippen molar-refractivity contribution in [2.75, 3.05) is 29.4 Å². The van der Waals surface area contributed by atoms with Gasteiger partial charge >= 0.3 is 6.36 Å². The Hall–Kier alpha value is -2.90. The third kappa shape index (κ3) is 3.91. The fourth-order valence-corrected chi connectivity index (χ4v) is 4.42. The maximum atomic E-state index is 13.2. The highest BCUT2D eigenvalue weighted by Crippen LogP contribution is 2.45. The molecule has 2 fully saturated rings. The van der Waals surface area contributed by atoms with E-state index in [0.29, 0.717) is 44.6 Å². The number of carbonyl (C=O) groups excluding carboxylic acids is 1. The molecule has 4 rings (SSSR count). The predicted molar refractivity (Wildman–Crippen MR) is 107 cm³/mol. The molecule has 0 saturated carbocycles. The molecule has 30 heavy (non-hydrogen) atoms. The number of phenols is 1. The lowest BCUT2D eigenvalue weighted by atomic mass is 9.77. The third-order valence-corrected chi connectivity index (χ3v) is 6.09. The molecule has 1 amide bonds. The molecule has 2 saturated heterocycles. The quantitative estimate of drug-likeness (QED) is 0.787. The van der Waals surface area contributed by atoms with Gasteiger partial charge in [-0.15, -0.1) is 13.2 Å². The van der Waals surface area contributed by atoms with Crippen LogP contribution in [0.3, 0.4) is 0 Å². The number of aromatic hydroxyl groups is 1. The van der Waals surface area contributed by atoms with Crippen molar-refractivity contribution in [2.24, 2.45) is 5.41 Å². The van der Waals surface area contributed by atoms with Crippen LogP contribution < -0.4 is 14.5 Å². The number of rotatable bonds is 3. The average molecular weight is 420 g/mol. The van der Waals surface area contributed by atoms with Crippen molar-refractivity contribution < 1.29 is 27.8 Å². The second-order valence-electron chi connectivity index (χ2n) is 8.01. The number of piperidine rings is 1. The molecule has 0 aliphatic carbocycles. The molecule has 0 bridgehead atoms. The summed E-state index contributed by atoms with van der Waals surface area (Å²) in [5.41, 5.74) is 1.96. The lowest BCUT2D eigenvalue weighted by Gasteiger charge is -2.39. The van der Waals surface area contributed by atoms with Crippen molar-refractivity contribution in [3.8, 4) is 11.5 Å². The molecular formula is C22H23F3N2O3. The van der Waals surface area contributed by atoms with E-state index in [1.807, 2.05) is 19.1 Å². The van der Waals surface area contributed by atoms with Crippen molar-refractivity contribution in [1.29, 1.82) is 0 Å². The number of anilines is 2. The van der Waals surface area contributed by atoms with Crippen LogP contribution in [0.2, 0.25) is 0 Å². The molecule has 1 N–H and O–H groups in total. The van der Waals surface area contributed by atoms with Crippen LogP contribution >= 0.6 is 0 Å². The van der Waals surface area contributed by atoms with E-state index in [1.165, 1.54) is 24.3 Å². The van der Waals surface area contributed by atoms with Crippen LogP contribution in [-0.2, 0) is 4.79 Å². The van der Waals surface area contributed by atoms with E-state index in [4.69, 9.17) is 0 Å². The van der Waals surface area contributed by atoms with Crippen LogP contribution in [0.15, 0.2) is 42.5 Å². The Morgan fingerprint density at radius 2 is 1.63 bits per heavy atom. The second-order valence-corrected chi connectivity index (χ2v) is 8.01. The van der Waals surface area contributed by atoms with Gasteiger partial charge in [-0.3, -0.25) is 4.79 Å². The number of alkyl halides is 3. The third-order valence-electron chi connectivity index (χ3n) is 6.09. The maximum Gasteiger partial charge on any atom is 0.573 e. The zero-order chi connectivity index (χ0) is 21.5. The van der Waals surface area contributed by atoms with Crippen LogP contribution in [0, 0.1) is 12.3 Å². The maximum absolute atomic E-state index is 13.2. The minimum Gasteiger partial charge on any atom is -0.506 e. The van der Waals surface area contributed by atoms with Crippen molar-refractivity contribution in [3.63, 3.8) is 0 Å². The number of hydrogen-bond acceptors (Lipinski definition) is 4. The van der Waals surface area contributed by atoms with Gasteiger partial charge in [0.15, 0.2) is 0 Å². The number of phenolic OH excluding ortho intramolecular Hbond substituents is 1. The smallest absolute Gasteiger partial charge is 0.506 e. The number of halogens is 3. The Morgan fingerprint density at radius 1 is 1.00 bits per heavy atom. The van der Waals surface area contributed by atoms with Gasteiger partial charge in [0.1, 0.15) is 11.5 Å². The molecule has 2 heterocycles. The number of hydrogen-bond donors (Lipinski definition) is 1. The molecule has 5 nitrogen and oxygen atoms in total. The lowest BCUT2D eigenvalue weighted by molar-refractivity contribution is -0.274. The molecular weight excluding hydrogens is 397 g/mol. The van der Waals surface area contributed by atoms with Gasteiger partial charge in [-0.2, -0.15) is 0 Å². The van der Waals surface area contributed by atoms with Gasteiger partial charge in [-0.05, 0) is 68.1 Å². The molecule has 2 aromatic carbocycles. The van der Waals surface area contributed by atoms with Crippen LogP contribution in [0.4, 0.5) is 24.5 Å². The molecule has 0 unspecified atom stereocenters. The number of benzene rings is 2. The Kier molecular flexibility index (Phi) is 5.03. The molecule has 0 aromatic heterocycles. The van der Waals surface area contributed by atoms with Gasteiger partial charge in [0, 0.05) is 25.3 Å². The molecule has 0 radical (unpaired) electrons. The summed E-state index contributed by atoms with van der Waals surface area (Å²) in [7, 11) is 0. The van der Waals surface area contributed by atoms with E-state index in [1.54, 1.807) is 11.0 Å². The molecule has 2 aliphatic rings. The van der Waals surface area contributed by atoms with E-state index in [9.17, 15) is 23.1 Å². The first kappa shape index (κ1) is 20.4. The number of carbonyl (C=O) groups is 1. The second kappa shape index (κ2) is 7.41. The highest BCUT2D eigenvalue weighted by Gasteiger charge is 2.48. The topological polar surface area (TPSA) is 53.0 Å². The minimum atomic E-state index is -4.74. The van der Waals surface area contributed by atoms with Gasteiger partial charge in [0.25, 0.3) is 0 Å². The van der Waals surface area contributed by atoms with Crippen molar-refractivity contribution in [2.45, 2.75) is 32.5 Å². The van der Waals surface area contributed by atoms with E-state index in [-0.39, 0.29) is 17.4 Å². The van der Waals surface area contributed by atoms with Crippen LogP contribution in [-0.4, -0.2) is 37.0 Å². The SMILES string of the molecule is Cc1ccc(O)c(N2CCC3(CC2)CCN(c2ccc(OC(F)(F)F)cc2)C3=O)c1. The summed E-state index contributed by atoms with van der Waals surface area (Å²) < 4.78 is 40.9. The fraction of sp³-hybridized carbons (Fsp3) is 0.409. The van der Waals surface area contributed by atoms with Crippen LogP contribution in [0.5, 0.6) is 11.5 Å². The van der Waals surface area contributed by atoms with Gasteiger partial charge in [0.05, 0.1) is 11.1 Å². The summed E-state index contributed by atoms with van der Waals surface area (Å²) in [6.07, 6.45) is -2.69. The van der Waals surface area contributed by atoms with Gasteiger partial charge in [-0.25, -0.2) is 0 Å². The summed E-state index contributed by atoms with van der Waals surface area (Å²) in [5.74, 6) is -0.0592. The molecule has 0 atom stereocenters. The van der Waals surface area contributed by atoms with Crippen LogP contribution in [0.25, 0.3) is 0 Å². The predicted octanol–water partition coefficient (Wildman–Crippen LogP) is 4.62. The Bertz CT molecular complexity index is 936. The monoisotopic (exact) mass is 420 g/mol. The summed E-state index contributed by atoms with van der Waals surface area (Å²) in [6, 6.07) is 10.9. The fourth-order valence-electron chi connectivity index (χ4n) is 4.42. The van der Waals surface area contributed by atoms with E-state index >= 15 is 0 Å². The van der Waals surface area contributed by atoms with Crippen LogP contribution in [0.1, 0.15) is 24.8 Å². The van der Waals surface area contributed by atoms with E-state index < -0.39 is 11.8 Å². The first-order valence-corrected chi connectivity index (χ1v) is 9.89. The Labute approximate surface area is 172 Å². The first-order valence-electron chi connectivity index (χ1n) is 9.89. The zero-order valence-electron chi connectivity index (χ0n) is 16.6. The number of aryl methyl sites for hydroxylation is 1. The lowest BCUT2D eigenvalue weighted by Crippen LogP contribution is -2.44. The standard InChI is InChI=1S/C22H23F3N2O3/c1-15-2-7-19(28)18(14-15)26-11-8-21(9-12-26)10-13-27(20(21)29)16-3-5-17(6-4-16)30-22(23,24)25/h2-7,14,28H,8-13H2,1H3. The first-order chi connectivity index (χ1) is 14.2. The average Bonchev–Trinajstić information content (AvgIpc) is 3.00. The number of nitrogens with zero attached hydrogens (tertiary/aromatic N) is 2. The van der Waals surface area contributed by atoms with Gasteiger partial charge in [-0.1, -0.05) is 6.07 Å².